The van der Waals surface area contributed by atoms with Crippen molar-refractivity contribution in [2.24, 2.45) is 0 Å². The highest BCUT2D eigenvalue weighted by Crippen LogP contribution is 2.33. The maximum atomic E-state index is 11.1. The van der Waals surface area contributed by atoms with Crippen LogP contribution in [-0.2, 0) is 4.79 Å². The number of carbonyl (C=O) groups excluding carboxylic acids is 1. The highest BCUT2D eigenvalue weighted by Gasteiger charge is 2.17. The molecular formula is C17H18ClNO2. The third-order valence-corrected chi connectivity index (χ3v) is 3.76. The summed E-state index contributed by atoms with van der Waals surface area (Å²) in [6.07, 6.45) is -0.741. The van der Waals surface area contributed by atoms with E-state index in [1.54, 1.807) is 12.1 Å². The topological polar surface area (TPSA) is 49.3 Å². The molecule has 1 atom stereocenters. The number of amides is 1. The smallest absolute Gasteiger partial charge is 0.221 e. The Bertz CT molecular complexity index is 682. The predicted octanol–water partition coefficient (Wildman–Crippen LogP) is 4.00. The Morgan fingerprint density at radius 2 is 1.81 bits per heavy atom. The second kappa shape index (κ2) is 6.29. The number of aryl methyl sites for hydroxylation is 2. The van der Waals surface area contributed by atoms with E-state index in [0.717, 1.165) is 22.3 Å². The summed E-state index contributed by atoms with van der Waals surface area (Å²) in [5.41, 5.74) is 4.04. The zero-order chi connectivity index (χ0) is 15.6. The van der Waals surface area contributed by atoms with Gasteiger partial charge < -0.3 is 10.4 Å². The minimum atomic E-state index is -0.741. The molecule has 1 amide bonds. The zero-order valence-electron chi connectivity index (χ0n) is 12.3. The number of anilines is 1. The molecule has 0 aliphatic carbocycles. The molecular weight excluding hydrogens is 286 g/mol. The zero-order valence-corrected chi connectivity index (χ0v) is 13.0. The molecule has 0 saturated heterocycles. The molecule has 0 bridgehead atoms. The lowest BCUT2D eigenvalue weighted by atomic mass is 9.94. The number of hydrogen-bond donors (Lipinski definition) is 2. The number of aliphatic hydroxyl groups is 1. The first-order valence-corrected chi connectivity index (χ1v) is 7.09. The summed E-state index contributed by atoms with van der Waals surface area (Å²) in [6, 6.07) is 11.2. The summed E-state index contributed by atoms with van der Waals surface area (Å²) >= 11 is 6.19. The standard InChI is InChI=1S/C17H18ClNO2/c1-10-6-4-5-7-13(10)17(21)14-9-15(18)16(8-11(14)2)19-12(3)20/h4-9,17,21H,1-3H3,(H,19,20). The van der Waals surface area contributed by atoms with E-state index in [1.165, 1.54) is 6.92 Å². The van der Waals surface area contributed by atoms with Crippen LogP contribution in [0.4, 0.5) is 5.69 Å². The number of rotatable bonds is 3. The van der Waals surface area contributed by atoms with E-state index >= 15 is 0 Å². The molecule has 0 fully saturated rings. The van der Waals surface area contributed by atoms with Crippen molar-refractivity contribution in [3.63, 3.8) is 0 Å². The fraction of sp³-hybridized carbons (Fsp3) is 0.235. The highest BCUT2D eigenvalue weighted by atomic mass is 35.5. The molecule has 0 saturated carbocycles. The van der Waals surface area contributed by atoms with E-state index in [4.69, 9.17) is 11.6 Å². The minimum absolute atomic E-state index is 0.177. The van der Waals surface area contributed by atoms with Gasteiger partial charge in [-0.3, -0.25) is 4.79 Å². The third kappa shape index (κ3) is 3.43. The van der Waals surface area contributed by atoms with Crippen LogP contribution in [0.5, 0.6) is 0 Å². The van der Waals surface area contributed by atoms with Gasteiger partial charge >= 0.3 is 0 Å². The molecule has 2 rings (SSSR count). The molecule has 0 spiro atoms. The van der Waals surface area contributed by atoms with Crippen molar-refractivity contribution in [1.29, 1.82) is 0 Å². The summed E-state index contributed by atoms with van der Waals surface area (Å²) in [5, 5.41) is 13.7. The van der Waals surface area contributed by atoms with Crippen LogP contribution in [0.15, 0.2) is 36.4 Å². The molecule has 4 heteroatoms. The first kappa shape index (κ1) is 15.5. The molecule has 0 aliphatic rings. The molecule has 21 heavy (non-hydrogen) atoms. The van der Waals surface area contributed by atoms with Crippen molar-refractivity contribution < 1.29 is 9.90 Å². The summed E-state index contributed by atoms with van der Waals surface area (Å²) in [4.78, 5) is 11.1. The van der Waals surface area contributed by atoms with Gasteiger partial charge in [-0.25, -0.2) is 0 Å². The van der Waals surface area contributed by atoms with E-state index in [0.29, 0.717) is 10.7 Å². The summed E-state index contributed by atoms with van der Waals surface area (Å²) in [7, 11) is 0. The van der Waals surface area contributed by atoms with Crippen molar-refractivity contribution in [2.45, 2.75) is 26.9 Å². The van der Waals surface area contributed by atoms with Crippen LogP contribution in [0, 0.1) is 13.8 Å². The van der Waals surface area contributed by atoms with Gasteiger partial charge in [-0.05, 0) is 48.2 Å². The van der Waals surface area contributed by atoms with Gasteiger partial charge in [0, 0.05) is 6.92 Å². The lowest BCUT2D eigenvalue weighted by molar-refractivity contribution is -0.114. The van der Waals surface area contributed by atoms with Gasteiger partial charge in [-0.1, -0.05) is 35.9 Å². The molecule has 110 valence electrons. The fourth-order valence-electron chi connectivity index (χ4n) is 2.34. The second-order valence-corrected chi connectivity index (χ2v) is 5.54. The summed E-state index contributed by atoms with van der Waals surface area (Å²) < 4.78 is 0. The molecule has 2 aromatic rings. The van der Waals surface area contributed by atoms with Crippen LogP contribution >= 0.6 is 11.6 Å². The molecule has 0 aliphatic heterocycles. The molecule has 3 nitrogen and oxygen atoms in total. The van der Waals surface area contributed by atoms with Crippen LogP contribution < -0.4 is 5.32 Å². The average molecular weight is 304 g/mol. The normalized spacial score (nSPS) is 12.0. The number of carbonyl (C=O) groups is 1. The lowest BCUT2D eigenvalue weighted by Gasteiger charge is -2.18. The van der Waals surface area contributed by atoms with E-state index < -0.39 is 6.10 Å². The molecule has 0 aromatic heterocycles. The van der Waals surface area contributed by atoms with Crippen molar-refractivity contribution in [3.05, 3.63) is 63.7 Å². The maximum absolute atomic E-state index is 11.1. The minimum Gasteiger partial charge on any atom is -0.384 e. The Balaban J connectivity index is 2.43. The van der Waals surface area contributed by atoms with E-state index in [-0.39, 0.29) is 5.91 Å². The van der Waals surface area contributed by atoms with Crippen molar-refractivity contribution in [1.82, 2.24) is 0 Å². The second-order valence-electron chi connectivity index (χ2n) is 5.13. The van der Waals surface area contributed by atoms with Gasteiger partial charge in [0.1, 0.15) is 6.10 Å². The third-order valence-electron chi connectivity index (χ3n) is 3.44. The SMILES string of the molecule is CC(=O)Nc1cc(C)c(C(O)c2ccccc2C)cc1Cl. The van der Waals surface area contributed by atoms with Gasteiger partial charge in [-0.15, -0.1) is 0 Å². The largest absolute Gasteiger partial charge is 0.384 e. The Labute approximate surface area is 129 Å². The van der Waals surface area contributed by atoms with Crippen LogP contribution in [-0.4, -0.2) is 11.0 Å². The fourth-order valence-corrected chi connectivity index (χ4v) is 2.56. The highest BCUT2D eigenvalue weighted by molar-refractivity contribution is 6.33. The van der Waals surface area contributed by atoms with Gasteiger partial charge in [-0.2, -0.15) is 0 Å². The van der Waals surface area contributed by atoms with Gasteiger partial charge in [0.15, 0.2) is 0 Å². The lowest BCUT2D eigenvalue weighted by Crippen LogP contribution is -2.09. The predicted molar refractivity (Wildman–Crippen MR) is 85.7 cm³/mol. The monoisotopic (exact) mass is 303 g/mol. The average Bonchev–Trinajstić information content (AvgIpc) is 2.42. The van der Waals surface area contributed by atoms with E-state index in [1.807, 2.05) is 38.1 Å². The van der Waals surface area contributed by atoms with Crippen LogP contribution in [0.1, 0.15) is 35.3 Å². The molecule has 2 aromatic carbocycles. The van der Waals surface area contributed by atoms with E-state index in [2.05, 4.69) is 5.32 Å². The van der Waals surface area contributed by atoms with Crippen molar-refractivity contribution in [3.8, 4) is 0 Å². The maximum Gasteiger partial charge on any atom is 0.221 e. The molecule has 2 N–H and O–H groups in total. The molecule has 0 heterocycles. The molecule has 1 unspecified atom stereocenters. The Morgan fingerprint density at radius 1 is 1.14 bits per heavy atom. The van der Waals surface area contributed by atoms with Crippen LogP contribution in [0.25, 0.3) is 0 Å². The van der Waals surface area contributed by atoms with Crippen molar-refractivity contribution in [2.75, 3.05) is 5.32 Å². The van der Waals surface area contributed by atoms with E-state index in [9.17, 15) is 9.90 Å². The van der Waals surface area contributed by atoms with Gasteiger partial charge in [0.25, 0.3) is 0 Å². The first-order valence-electron chi connectivity index (χ1n) is 6.71. The number of benzene rings is 2. The van der Waals surface area contributed by atoms with Gasteiger partial charge in [0.05, 0.1) is 10.7 Å². The van der Waals surface area contributed by atoms with Crippen LogP contribution in [0.2, 0.25) is 5.02 Å². The Morgan fingerprint density at radius 3 is 2.43 bits per heavy atom. The summed E-state index contributed by atoms with van der Waals surface area (Å²) in [5.74, 6) is -0.177. The molecule has 0 radical (unpaired) electrons. The quantitative estimate of drug-likeness (QED) is 0.900. The van der Waals surface area contributed by atoms with Crippen LogP contribution in [0.3, 0.4) is 0 Å². The number of halogens is 1. The Hall–Kier alpha value is -1.84. The van der Waals surface area contributed by atoms with Crippen molar-refractivity contribution >= 4 is 23.2 Å². The number of hydrogen-bond acceptors (Lipinski definition) is 2. The summed E-state index contributed by atoms with van der Waals surface area (Å²) in [6.45, 7) is 5.28. The van der Waals surface area contributed by atoms with Gasteiger partial charge in [0.2, 0.25) is 5.91 Å². The number of aliphatic hydroxyl groups excluding tert-OH is 1. The first-order chi connectivity index (χ1) is 9.90. The number of nitrogens with one attached hydrogen (secondary N) is 1. The Kier molecular flexibility index (Phi) is 4.66.